The van der Waals surface area contributed by atoms with Crippen LogP contribution in [0.5, 0.6) is 0 Å². The van der Waals surface area contributed by atoms with Crippen molar-refractivity contribution in [1.82, 2.24) is 4.90 Å². The molecule has 1 unspecified atom stereocenters. The van der Waals surface area contributed by atoms with Crippen molar-refractivity contribution in [3.8, 4) is 0 Å². The number of para-hydroxylation sites is 1. The molecule has 3 heteroatoms. The second-order valence-corrected chi connectivity index (χ2v) is 5.09. The number of hydrogen-bond acceptors (Lipinski definition) is 3. The van der Waals surface area contributed by atoms with Crippen molar-refractivity contribution >= 4 is 11.4 Å². The molecule has 0 radical (unpaired) electrons. The van der Waals surface area contributed by atoms with Gasteiger partial charge in [0, 0.05) is 12.6 Å². The minimum Gasteiger partial charge on any atom is -0.397 e. The summed E-state index contributed by atoms with van der Waals surface area (Å²) in [7, 11) is 0. The van der Waals surface area contributed by atoms with Crippen molar-refractivity contribution < 1.29 is 0 Å². The molecular formula is C14H23N3. The number of nitrogens with two attached hydrogens (primary N) is 1. The summed E-state index contributed by atoms with van der Waals surface area (Å²) in [5, 5.41) is 3.51. The first-order valence-electron chi connectivity index (χ1n) is 6.51. The van der Waals surface area contributed by atoms with Crippen molar-refractivity contribution in [3.05, 3.63) is 23.8 Å². The van der Waals surface area contributed by atoms with Crippen LogP contribution in [0.2, 0.25) is 0 Å². The normalized spacial score (nSPS) is 18.2. The molecule has 3 N–H and O–H groups in total. The summed E-state index contributed by atoms with van der Waals surface area (Å²) < 4.78 is 0. The van der Waals surface area contributed by atoms with E-state index in [1.165, 1.54) is 25.9 Å². The molecule has 1 aromatic rings. The number of nitrogens with zero attached hydrogens (tertiary/aromatic N) is 1. The fraction of sp³-hybridized carbons (Fsp3) is 0.571. The van der Waals surface area contributed by atoms with E-state index in [1.54, 1.807) is 0 Å². The maximum absolute atomic E-state index is 6.06. The van der Waals surface area contributed by atoms with Gasteiger partial charge in [-0.2, -0.15) is 0 Å². The topological polar surface area (TPSA) is 41.3 Å². The Kier molecular flexibility index (Phi) is 3.89. The van der Waals surface area contributed by atoms with Crippen LogP contribution in [0.1, 0.15) is 25.3 Å². The molecule has 94 valence electrons. The number of rotatable bonds is 4. The van der Waals surface area contributed by atoms with Crippen LogP contribution in [-0.4, -0.2) is 30.6 Å². The third kappa shape index (κ3) is 3.13. The van der Waals surface area contributed by atoms with Crippen LogP contribution in [0, 0.1) is 6.92 Å². The van der Waals surface area contributed by atoms with Gasteiger partial charge in [0.15, 0.2) is 0 Å². The van der Waals surface area contributed by atoms with Gasteiger partial charge >= 0.3 is 0 Å². The molecule has 1 heterocycles. The van der Waals surface area contributed by atoms with E-state index >= 15 is 0 Å². The zero-order chi connectivity index (χ0) is 12.3. The fourth-order valence-corrected chi connectivity index (χ4v) is 2.47. The molecule has 1 saturated heterocycles. The molecule has 3 nitrogen and oxygen atoms in total. The molecule has 1 aliphatic heterocycles. The Hall–Kier alpha value is -1.22. The standard InChI is InChI=1S/C14H23N3/c1-11-6-5-7-13(14(11)15)16-12(2)10-17-8-3-4-9-17/h5-7,12,16H,3-4,8-10,15H2,1-2H3. The number of aryl methyl sites for hydroxylation is 1. The summed E-state index contributed by atoms with van der Waals surface area (Å²) >= 11 is 0. The van der Waals surface area contributed by atoms with Crippen LogP contribution in [0.15, 0.2) is 18.2 Å². The van der Waals surface area contributed by atoms with Gasteiger partial charge in [-0.25, -0.2) is 0 Å². The van der Waals surface area contributed by atoms with E-state index in [2.05, 4.69) is 29.3 Å². The highest BCUT2D eigenvalue weighted by Gasteiger charge is 2.15. The quantitative estimate of drug-likeness (QED) is 0.785. The lowest BCUT2D eigenvalue weighted by Gasteiger charge is -2.23. The minimum atomic E-state index is 0.442. The van der Waals surface area contributed by atoms with E-state index < -0.39 is 0 Å². The molecule has 0 saturated carbocycles. The summed E-state index contributed by atoms with van der Waals surface area (Å²) in [5.41, 5.74) is 9.15. The average molecular weight is 233 g/mol. The number of hydrogen-bond donors (Lipinski definition) is 2. The van der Waals surface area contributed by atoms with E-state index in [9.17, 15) is 0 Å². The molecule has 0 aliphatic carbocycles. The monoisotopic (exact) mass is 233 g/mol. The van der Waals surface area contributed by atoms with Crippen LogP contribution >= 0.6 is 0 Å². The van der Waals surface area contributed by atoms with Gasteiger partial charge in [-0.05, 0) is 51.4 Å². The molecule has 1 fully saturated rings. The molecular weight excluding hydrogens is 210 g/mol. The predicted octanol–water partition coefficient (Wildman–Crippen LogP) is 2.47. The molecule has 0 aromatic heterocycles. The average Bonchev–Trinajstić information content (AvgIpc) is 2.77. The zero-order valence-electron chi connectivity index (χ0n) is 10.9. The largest absolute Gasteiger partial charge is 0.397 e. The Morgan fingerprint density at radius 3 is 2.76 bits per heavy atom. The lowest BCUT2D eigenvalue weighted by atomic mass is 10.1. The first-order chi connectivity index (χ1) is 8.16. The van der Waals surface area contributed by atoms with Gasteiger partial charge in [0.2, 0.25) is 0 Å². The van der Waals surface area contributed by atoms with E-state index in [1.807, 2.05) is 13.0 Å². The third-order valence-electron chi connectivity index (χ3n) is 3.46. The molecule has 0 bridgehead atoms. The molecule has 1 aliphatic rings. The number of nitrogen functional groups attached to an aromatic ring is 1. The fourth-order valence-electron chi connectivity index (χ4n) is 2.47. The lowest BCUT2D eigenvalue weighted by Crippen LogP contribution is -2.33. The van der Waals surface area contributed by atoms with Crippen LogP contribution in [0.25, 0.3) is 0 Å². The Balaban J connectivity index is 1.93. The summed E-state index contributed by atoms with van der Waals surface area (Å²) in [6.45, 7) is 7.86. The van der Waals surface area contributed by atoms with Gasteiger partial charge in [0.25, 0.3) is 0 Å². The Morgan fingerprint density at radius 2 is 2.06 bits per heavy atom. The van der Waals surface area contributed by atoms with Crippen molar-refractivity contribution in [2.45, 2.75) is 32.7 Å². The van der Waals surface area contributed by atoms with Crippen LogP contribution in [-0.2, 0) is 0 Å². The van der Waals surface area contributed by atoms with Crippen molar-refractivity contribution in [1.29, 1.82) is 0 Å². The zero-order valence-corrected chi connectivity index (χ0v) is 10.9. The summed E-state index contributed by atoms with van der Waals surface area (Å²) in [4.78, 5) is 2.52. The lowest BCUT2D eigenvalue weighted by molar-refractivity contribution is 0.328. The highest BCUT2D eigenvalue weighted by Crippen LogP contribution is 2.22. The van der Waals surface area contributed by atoms with Crippen LogP contribution in [0.3, 0.4) is 0 Å². The number of anilines is 2. The maximum atomic E-state index is 6.06. The van der Waals surface area contributed by atoms with Crippen LogP contribution < -0.4 is 11.1 Å². The molecule has 1 atom stereocenters. The highest BCUT2D eigenvalue weighted by atomic mass is 15.2. The smallest absolute Gasteiger partial charge is 0.0579 e. The van der Waals surface area contributed by atoms with Gasteiger partial charge in [0.1, 0.15) is 0 Å². The molecule has 17 heavy (non-hydrogen) atoms. The van der Waals surface area contributed by atoms with E-state index in [0.717, 1.165) is 23.5 Å². The van der Waals surface area contributed by atoms with E-state index in [4.69, 9.17) is 5.73 Å². The van der Waals surface area contributed by atoms with Crippen molar-refractivity contribution in [2.24, 2.45) is 0 Å². The first kappa shape index (κ1) is 12.2. The second-order valence-electron chi connectivity index (χ2n) is 5.09. The Labute approximate surface area is 104 Å². The molecule has 0 amide bonds. The highest BCUT2D eigenvalue weighted by molar-refractivity contribution is 5.69. The predicted molar refractivity (Wildman–Crippen MR) is 74.4 cm³/mol. The Bertz CT molecular complexity index is 370. The number of benzene rings is 1. The number of likely N-dealkylation sites (tertiary alicyclic amines) is 1. The maximum Gasteiger partial charge on any atom is 0.0579 e. The van der Waals surface area contributed by atoms with Crippen molar-refractivity contribution in [2.75, 3.05) is 30.7 Å². The summed E-state index contributed by atoms with van der Waals surface area (Å²) in [5.74, 6) is 0. The Morgan fingerprint density at radius 1 is 1.35 bits per heavy atom. The number of nitrogens with one attached hydrogen (secondary N) is 1. The van der Waals surface area contributed by atoms with Gasteiger partial charge in [0.05, 0.1) is 11.4 Å². The van der Waals surface area contributed by atoms with Gasteiger partial charge in [-0.3, -0.25) is 0 Å². The third-order valence-corrected chi connectivity index (χ3v) is 3.46. The van der Waals surface area contributed by atoms with Gasteiger partial charge < -0.3 is 16.0 Å². The molecule has 1 aromatic carbocycles. The second kappa shape index (κ2) is 5.41. The molecule has 2 rings (SSSR count). The SMILES string of the molecule is Cc1cccc(NC(C)CN2CCCC2)c1N. The minimum absolute atomic E-state index is 0.442. The summed E-state index contributed by atoms with van der Waals surface area (Å²) in [6, 6.07) is 6.60. The van der Waals surface area contributed by atoms with Gasteiger partial charge in [-0.1, -0.05) is 12.1 Å². The van der Waals surface area contributed by atoms with Crippen molar-refractivity contribution in [3.63, 3.8) is 0 Å². The summed E-state index contributed by atoms with van der Waals surface area (Å²) in [6.07, 6.45) is 2.69. The van der Waals surface area contributed by atoms with E-state index in [0.29, 0.717) is 6.04 Å². The van der Waals surface area contributed by atoms with E-state index in [-0.39, 0.29) is 0 Å². The molecule has 0 spiro atoms. The van der Waals surface area contributed by atoms with Crippen LogP contribution in [0.4, 0.5) is 11.4 Å². The first-order valence-corrected chi connectivity index (χ1v) is 6.51. The van der Waals surface area contributed by atoms with Gasteiger partial charge in [-0.15, -0.1) is 0 Å².